The lowest BCUT2D eigenvalue weighted by Gasteiger charge is -2.36. The van der Waals surface area contributed by atoms with Crippen molar-refractivity contribution in [1.29, 1.82) is 0 Å². The second-order valence-electron chi connectivity index (χ2n) is 7.12. The quantitative estimate of drug-likeness (QED) is 0.510. The monoisotopic (exact) mass is 418 g/mol. The van der Waals surface area contributed by atoms with E-state index in [9.17, 15) is 4.79 Å². The standard InChI is InChI=1S/C22H19ClN6O/c23-17-3-5-18(6-4-17)27-10-12-28(13-11-27)21(30)16-2-7-20-19(14-16)26-15-29(20)22-24-8-1-9-25-22/h1-9,14-15H,10-13H2. The van der Waals surface area contributed by atoms with Crippen LogP contribution in [0.15, 0.2) is 67.3 Å². The summed E-state index contributed by atoms with van der Waals surface area (Å²) in [6.45, 7) is 2.92. The molecule has 0 unspecified atom stereocenters. The molecule has 0 bridgehead atoms. The zero-order valence-corrected chi connectivity index (χ0v) is 16.9. The Morgan fingerprint density at radius 3 is 2.37 bits per heavy atom. The first-order valence-corrected chi connectivity index (χ1v) is 10.1. The van der Waals surface area contributed by atoms with Gasteiger partial charge in [-0.25, -0.2) is 15.0 Å². The zero-order chi connectivity index (χ0) is 20.5. The Balaban J connectivity index is 1.31. The highest BCUT2D eigenvalue weighted by Crippen LogP contribution is 2.22. The number of rotatable bonds is 3. The van der Waals surface area contributed by atoms with Gasteiger partial charge in [0.05, 0.1) is 11.0 Å². The van der Waals surface area contributed by atoms with E-state index in [1.807, 2.05) is 51.9 Å². The molecule has 7 nitrogen and oxygen atoms in total. The zero-order valence-electron chi connectivity index (χ0n) is 16.1. The number of fused-ring (bicyclic) bond motifs is 1. The van der Waals surface area contributed by atoms with Crippen molar-refractivity contribution < 1.29 is 4.79 Å². The summed E-state index contributed by atoms with van der Waals surface area (Å²) in [5, 5.41) is 0.726. The summed E-state index contributed by atoms with van der Waals surface area (Å²) >= 11 is 5.98. The highest BCUT2D eigenvalue weighted by Gasteiger charge is 2.23. The number of aromatic nitrogens is 4. The maximum Gasteiger partial charge on any atom is 0.254 e. The molecule has 2 aromatic heterocycles. The summed E-state index contributed by atoms with van der Waals surface area (Å²) in [6.07, 6.45) is 5.06. The molecule has 2 aromatic carbocycles. The minimum Gasteiger partial charge on any atom is -0.368 e. The first kappa shape index (κ1) is 18.6. The van der Waals surface area contributed by atoms with E-state index in [4.69, 9.17) is 11.6 Å². The maximum atomic E-state index is 13.0. The molecule has 1 saturated heterocycles. The van der Waals surface area contributed by atoms with Crippen LogP contribution in [0.5, 0.6) is 0 Å². The van der Waals surface area contributed by atoms with Crippen molar-refractivity contribution in [2.45, 2.75) is 0 Å². The molecule has 30 heavy (non-hydrogen) atoms. The van der Waals surface area contributed by atoms with Crippen LogP contribution in [0.4, 0.5) is 5.69 Å². The Morgan fingerprint density at radius 1 is 0.900 bits per heavy atom. The predicted octanol–water partition coefficient (Wildman–Crippen LogP) is 3.43. The average molecular weight is 419 g/mol. The Bertz CT molecular complexity index is 1180. The molecule has 0 aliphatic carbocycles. The summed E-state index contributed by atoms with van der Waals surface area (Å²) < 4.78 is 1.81. The number of amides is 1. The Labute approximate surface area is 178 Å². The van der Waals surface area contributed by atoms with E-state index in [0.29, 0.717) is 24.6 Å². The number of carbonyl (C=O) groups is 1. The topological polar surface area (TPSA) is 67.2 Å². The normalized spacial score (nSPS) is 14.3. The lowest BCUT2D eigenvalue weighted by atomic mass is 10.1. The minimum absolute atomic E-state index is 0.0261. The average Bonchev–Trinajstić information content (AvgIpc) is 3.23. The summed E-state index contributed by atoms with van der Waals surface area (Å²) in [5.74, 6) is 0.579. The second-order valence-corrected chi connectivity index (χ2v) is 7.56. The SMILES string of the molecule is O=C(c1ccc2c(c1)ncn2-c1ncccn1)N1CCN(c2ccc(Cl)cc2)CC1. The van der Waals surface area contributed by atoms with E-state index in [0.717, 1.165) is 34.8 Å². The lowest BCUT2D eigenvalue weighted by Crippen LogP contribution is -2.48. The van der Waals surface area contributed by atoms with Crippen molar-refractivity contribution in [3.8, 4) is 5.95 Å². The van der Waals surface area contributed by atoms with E-state index in [1.165, 1.54) is 0 Å². The van der Waals surface area contributed by atoms with Crippen molar-refractivity contribution in [2.24, 2.45) is 0 Å². The van der Waals surface area contributed by atoms with Crippen molar-refractivity contribution in [3.63, 3.8) is 0 Å². The van der Waals surface area contributed by atoms with Gasteiger partial charge in [0.15, 0.2) is 0 Å². The van der Waals surface area contributed by atoms with Crippen LogP contribution in [0.1, 0.15) is 10.4 Å². The van der Waals surface area contributed by atoms with Crippen LogP contribution in [-0.4, -0.2) is 56.5 Å². The highest BCUT2D eigenvalue weighted by atomic mass is 35.5. The number of halogens is 1. The molecule has 1 amide bonds. The smallest absolute Gasteiger partial charge is 0.254 e. The van der Waals surface area contributed by atoms with Gasteiger partial charge in [0.2, 0.25) is 5.95 Å². The number of imidazole rings is 1. The van der Waals surface area contributed by atoms with E-state index >= 15 is 0 Å². The molecular formula is C22H19ClN6O. The maximum absolute atomic E-state index is 13.0. The Morgan fingerprint density at radius 2 is 1.63 bits per heavy atom. The number of anilines is 1. The van der Waals surface area contributed by atoms with E-state index in [2.05, 4.69) is 19.9 Å². The molecule has 0 saturated carbocycles. The number of hydrogen-bond donors (Lipinski definition) is 0. The van der Waals surface area contributed by atoms with Gasteiger partial charge in [-0.1, -0.05) is 11.6 Å². The van der Waals surface area contributed by atoms with Gasteiger partial charge in [0, 0.05) is 54.8 Å². The summed E-state index contributed by atoms with van der Waals surface area (Å²) in [4.78, 5) is 30.2. The molecule has 8 heteroatoms. The van der Waals surface area contributed by atoms with E-state index < -0.39 is 0 Å². The first-order chi connectivity index (χ1) is 14.7. The first-order valence-electron chi connectivity index (χ1n) is 9.73. The molecule has 0 atom stereocenters. The minimum atomic E-state index is 0.0261. The fourth-order valence-electron chi connectivity index (χ4n) is 3.72. The molecule has 1 fully saturated rings. The van der Waals surface area contributed by atoms with Crippen molar-refractivity contribution in [3.05, 3.63) is 77.8 Å². The molecule has 150 valence electrons. The van der Waals surface area contributed by atoms with Gasteiger partial charge < -0.3 is 9.80 Å². The van der Waals surface area contributed by atoms with Crippen LogP contribution < -0.4 is 4.90 Å². The fourth-order valence-corrected chi connectivity index (χ4v) is 3.85. The number of hydrogen-bond acceptors (Lipinski definition) is 5. The van der Waals surface area contributed by atoms with Gasteiger partial charge in [-0.2, -0.15) is 0 Å². The van der Waals surface area contributed by atoms with Crippen LogP contribution >= 0.6 is 11.6 Å². The fraction of sp³-hybridized carbons (Fsp3) is 0.182. The summed E-state index contributed by atoms with van der Waals surface area (Å²) in [7, 11) is 0. The number of benzene rings is 2. The third kappa shape index (κ3) is 3.48. The highest BCUT2D eigenvalue weighted by molar-refractivity contribution is 6.30. The van der Waals surface area contributed by atoms with Crippen molar-refractivity contribution in [2.75, 3.05) is 31.1 Å². The third-order valence-electron chi connectivity index (χ3n) is 5.32. The lowest BCUT2D eigenvalue weighted by molar-refractivity contribution is 0.0747. The summed E-state index contributed by atoms with van der Waals surface area (Å²) in [5.41, 5.74) is 3.38. The second kappa shape index (κ2) is 7.76. The van der Waals surface area contributed by atoms with Gasteiger partial charge in [-0.3, -0.25) is 9.36 Å². The predicted molar refractivity (Wildman–Crippen MR) is 116 cm³/mol. The Hall–Kier alpha value is -3.45. The molecule has 4 aromatic rings. The van der Waals surface area contributed by atoms with Crippen LogP contribution in [0.3, 0.4) is 0 Å². The number of piperazine rings is 1. The van der Waals surface area contributed by atoms with Crippen LogP contribution in [-0.2, 0) is 0 Å². The van der Waals surface area contributed by atoms with Gasteiger partial charge in [0.1, 0.15) is 6.33 Å². The van der Waals surface area contributed by atoms with Gasteiger partial charge >= 0.3 is 0 Å². The van der Waals surface area contributed by atoms with Gasteiger partial charge in [-0.15, -0.1) is 0 Å². The number of carbonyl (C=O) groups excluding carboxylic acids is 1. The molecule has 0 spiro atoms. The molecule has 1 aliphatic heterocycles. The van der Waals surface area contributed by atoms with Crippen LogP contribution in [0.2, 0.25) is 5.02 Å². The van der Waals surface area contributed by atoms with Gasteiger partial charge in [0.25, 0.3) is 5.91 Å². The largest absolute Gasteiger partial charge is 0.368 e. The van der Waals surface area contributed by atoms with Crippen molar-refractivity contribution >= 4 is 34.2 Å². The molecule has 0 N–H and O–H groups in total. The van der Waals surface area contributed by atoms with Gasteiger partial charge in [-0.05, 0) is 48.5 Å². The molecule has 3 heterocycles. The van der Waals surface area contributed by atoms with E-state index in [-0.39, 0.29) is 5.91 Å². The molecule has 0 radical (unpaired) electrons. The number of nitrogens with zero attached hydrogens (tertiary/aromatic N) is 6. The van der Waals surface area contributed by atoms with E-state index in [1.54, 1.807) is 24.8 Å². The molecular weight excluding hydrogens is 400 g/mol. The molecule has 5 rings (SSSR count). The third-order valence-corrected chi connectivity index (χ3v) is 5.57. The summed E-state index contributed by atoms with van der Waals surface area (Å²) in [6, 6.07) is 15.2. The Kier molecular flexibility index (Phi) is 4.80. The van der Waals surface area contributed by atoms with Crippen LogP contribution in [0.25, 0.3) is 17.0 Å². The van der Waals surface area contributed by atoms with Crippen molar-refractivity contribution in [1.82, 2.24) is 24.4 Å². The van der Waals surface area contributed by atoms with Crippen LogP contribution in [0, 0.1) is 0 Å². The molecule has 1 aliphatic rings.